The van der Waals surface area contributed by atoms with E-state index in [4.69, 9.17) is 0 Å². The van der Waals surface area contributed by atoms with Crippen molar-refractivity contribution in [1.29, 1.82) is 0 Å². The molecule has 2 amide bonds. The van der Waals surface area contributed by atoms with E-state index >= 15 is 0 Å². The minimum atomic E-state index is -0.464. The van der Waals surface area contributed by atoms with Gasteiger partial charge in [-0.3, -0.25) is 9.59 Å². The van der Waals surface area contributed by atoms with Gasteiger partial charge < -0.3 is 15.1 Å². The molecule has 5 nitrogen and oxygen atoms in total. The second-order valence-electron chi connectivity index (χ2n) is 5.11. The molecule has 0 spiro atoms. The lowest BCUT2D eigenvalue weighted by Crippen LogP contribution is -3.15. The van der Waals surface area contributed by atoms with Gasteiger partial charge in [0, 0.05) is 11.4 Å². The Labute approximate surface area is 131 Å². The lowest BCUT2D eigenvalue weighted by molar-refractivity contribution is -0.895. The molecule has 1 aromatic carbocycles. The first-order chi connectivity index (χ1) is 9.95. The molecular weight excluding hydrogens is 341 g/mol. The number of carbonyl (C=O) groups is 2. The van der Waals surface area contributed by atoms with Gasteiger partial charge in [-0.1, -0.05) is 15.9 Å². The number of amides is 2. The van der Waals surface area contributed by atoms with Crippen LogP contribution in [0.2, 0.25) is 0 Å². The normalized spacial score (nSPS) is 15.9. The molecule has 0 bridgehead atoms. The number of quaternary nitrogens is 1. The summed E-state index contributed by atoms with van der Waals surface area (Å²) in [6.45, 7) is 4.61. The number of carbonyl (C=O) groups excluding carboxylic acids is 2. The third kappa shape index (κ3) is 4.50. The summed E-state index contributed by atoms with van der Waals surface area (Å²) in [4.78, 5) is 26.0. The van der Waals surface area contributed by atoms with Gasteiger partial charge in [0.15, 0.2) is 6.54 Å². The number of benzene rings is 1. The van der Waals surface area contributed by atoms with E-state index in [2.05, 4.69) is 21.2 Å². The van der Waals surface area contributed by atoms with Crippen LogP contribution in [0.25, 0.3) is 0 Å². The lowest BCUT2D eigenvalue weighted by Gasteiger charge is -2.31. The molecular formula is C14H18BrFN3O2+. The number of nitrogens with one attached hydrogen (secondary N) is 2. The molecule has 114 valence electrons. The molecule has 0 saturated carbocycles. The maximum atomic E-state index is 13.6. The van der Waals surface area contributed by atoms with E-state index in [0.717, 1.165) is 18.0 Å². The molecule has 0 aliphatic carbocycles. The summed E-state index contributed by atoms with van der Waals surface area (Å²) in [5.74, 6) is -0.618. The second-order valence-corrected chi connectivity index (χ2v) is 6.02. The molecule has 21 heavy (non-hydrogen) atoms. The van der Waals surface area contributed by atoms with Crippen LogP contribution in [0.4, 0.5) is 10.1 Å². The van der Waals surface area contributed by atoms with Crippen molar-refractivity contribution >= 4 is 33.4 Å². The number of hydrogen-bond donors (Lipinski definition) is 2. The van der Waals surface area contributed by atoms with Crippen molar-refractivity contribution in [2.24, 2.45) is 0 Å². The zero-order valence-corrected chi connectivity index (χ0v) is 13.4. The third-order valence-corrected chi connectivity index (χ3v) is 4.02. The largest absolute Gasteiger partial charge is 0.332 e. The molecule has 1 heterocycles. The second kappa shape index (κ2) is 7.00. The monoisotopic (exact) mass is 358 g/mol. The third-order valence-electron chi connectivity index (χ3n) is 3.53. The number of anilines is 1. The maximum Gasteiger partial charge on any atom is 0.279 e. The highest BCUT2D eigenvalue weighted by atomic mass is 79.9. The molecule has 0 atom stereocenters. The summed E-state index contributed by atoms with van der Waals surface area (Å²) in [7, 11) is 0. The average molecular weight is 359 g/mol. The van der Waals surface area contributed by atoms with Gasteiger partial charge in [-0.15, -0.1) is 0 Å². The van der Waals surface area contributed by atoms with E-state index in [1.807, 2.05) is 0 Å². The maximum absolute atomic E-state index is 13.6. The molecule has 0 unspecified atom stereocenters. The first-order valence-corrected chi connectivity index (χ1v) is 7.59. The summed E-state index contributed by atoms with van der Waals surface area (Å²) in [6.07, 6.45) is 0. The van der Waals surface area contributed by atoms with Gasteiger partial charge in [-0.25, -0.2) is 4.39 Å². The van der Waals surface area contributed by atoms with Crippen LogP contribution < -0.4 is 10.2 Å². The minimum absolute atomic E-state index is 0.0652. The minimum Gasteiger partial charge on any atom is -0.332 e. The zero-order valence-electron chi connectivity index (χ0n) is 11.8. The fraction of sp³-hybridized carbons (Fsp3) is 0.429. The fourth-order valence-corrected chi connectivity index (χ4v) is 2.66. The first-order valence-electron chi connectivity index (χ1n) is 6.79. The van der Waals surface area contributed by atoms with Gasteiger partial charge in [0.05, 0.1) is 31.9 Å². The van der Waals surface area contributed by atoms with E-state index in [0.29, 0.717) is 17.6 Å². The van der Waals surface area contributed by atoms with Gasteiger partial charge in [-0.2, -0.15) is 0 Å². The Morgan fingerprint density at radius 1 is 1.38 bits per heavy atom. The molecule has 1 aliphatic rings. The van der Waals surface area contributed by atoms with Gasteiger partial charge in [-0.05, 0) is 18.2 Å². The molecule has 1 saturated heterocycles. The highest BCUT2D eigenvalue weighted by Crippen LogP contribution is 2.18. The highest BCUT2D eigenvalue weighted by Gasteiger charge is 2.23. The van der Waals surface area contributed by atoms with Crippen molar-refractivity contribution in [2.45, 2.75) is 6.92 Å². The Balaban J connectivity index is 1.84. The topological polar surface area (TPSA) is 53.9 Å². The van der Waals surface area contributed by atoms with Crippen LogP contribution >= 0.6 is 15.9 Å². The number of piperazine rings is 1. The Hall–Kier alpha value is -1.47. The van der Waals surface area contributed by atoms with Crippen LogP contribution in [0.3, 0.4) is 0 Å². The predicted octanol–water partition coefficient (Wildman–Crippen LogP) is 0.274. The Kier molecular flexibility index (Phi) is 5.30. The quantitative estimate of drug-likeness (QED) is 0.815. The van der Waals surface area contributed by atoms with Crippen LogP contribution in [-0.2, 0) is 9.59 Å². The summed E-state index contributed by atoms with van der Waals surface area (Å²) >= 11 is 3.17. The molecule has 2 N–H and O–H groups in total. The van der Waals surface area contributed by atoms with Crippen molar-refractivity contribution in [3.63, 3.8) is 0 Å². The van der Waals surface area contributed by atoms with E-state index in [1.54, 1.807) is 17.9 Å². The molecule has 1 aromatic rings. The van der Waals surface area contributed by atoms with E-state index in [9.17, 15) is 14.0 Å². The highest BCUT2D eigenvalue weighted by molar-refractivity contribution is 9.10. The number of hydrogen-bond acceptors (Lipinski definition) is 2. The van der Waals surface area contributed by atoms with Crippen molar-refractivity contribution in [1.82, 2.24) is 4.90 Å². The fourth-order valence-electron chi connectivity index (χ4n) is 2.33. The van der Waals surface area contributed by atoms with Gasteiger partial charge in [0.25, 0.3) is 5.91 Å². The van der Waals surface area contributed by atoms with Crippen LogP contribution in [0.1, 0.15) is 6.92 Å². The van der Waals surface area contributed by atoms with Crippen LogP contribution in [0.15, 0.2) is 22.7 Å². The number of nitrogens with zero attached hydrogens (tertiary/aromatic N) is 1. The summed E-state index contributed by atoms with van der Waals surface area (Å²) in [5.41, 5.74) is 0.185. The Bertz CT molecular complexity index is 545. The van der Waals surface area contributed by atoms with Crippen molar-refractivity contribution < 1.29 is 18.9 Å². The molecule has 2 rings (SSSR count). The van der Waals surface area contributed by atoms with Gasteiger partial charge in [0.2, 0.25) is 5.91 Å². The molecule has 7 heteroatoms. The number of rotatable bonds is 3. The van der Waals surface area contributed by atoms with E-state index in [-0.39, 0.29) is 24.0 Å². The molecule has 1 fully saturated rings. The lowest BCUT2D eigenvalue weighted by atomic mass is 10.3. The summed E-state index contributed by atoms with van der Waals surface area (Å²) in [6, 6.07) is 4.52. The zero-order chi connectivity index (χ0) is 15.4. The summed E-state index contributed by atoms with van der Waals surface area (Å²) < 4.78 is 14.3. The molecule has 1 aliphatic heterocycles. The summed E-state index contributed by atoms with van der Waals surface area (Å²) in [5, 5.41) is 2.58. The van der Waals surface area contributed by atoms with Crippen molar-refractivity contribution in [2.75, 3.05) is 38.0 Å². The Morgan fingerprint density at radius 2 is 2.05 bits per heavy atom. The smallest absolute Gasteiger partial charge is 0.279 e. The van der Waals surface area contributed by atoms with Crippen LogP contribution in [0, 0.1) is 5.82 Å². The van der Waals surface area contributed by atoms with Crippen molar-refractivity contribution in [3.8, 4) is 0 Å². The molecule has 0 radical (unpaired) electrons. The SMILES string of the molecule is CC(=O)N1CC[NH+](CC(=O)Nc2ccc(Br)cc2F)CC1. The van der Waals surface area contributed by atoms with Gasteiger partial charge >= 0.3 is 0 Å². The first kappa shape index (κ1) is 15.9. The van der Waals surface area contributed by atoms with Crippen LogP contribution in [-0.4, -0.2) is 49.4 Å². The average Bonchev–Trinajstić information content (AvgIpc) is 2.42. The Morgan fingerprint density at radius 3 is 2.62 bits per heavy atom. The van der Waals surface area contributed by atoms with Crippen LogP contribution in [0.5, 0.6) is 0 Å². The standard InChI is InChI=1S/C14H17BrFN3O2/c1-10(20)19-6-4-18(5-7-19)9-14(21)17-13-3-2-11(15)8-12(13)16/h2-3,8H,4-7,9H2,1H3,(H,17,21)/p+1. The van der Waals surface area contributed by atoms with E-state index in [1.165, 1.54) is 12.1 Å². The predicted molar refractivity (Wildman–Crippen MR) is 80.5 cm³/mol. The van der Waals surface area contributed by atoms with Gasteiger partial charge in [0.1, 0.15) is 5.82 Å². The van der Waals surface area contributed by atoms with E-state index < -0.39 is 5.82 Å². The number of halogens is 2. The molecule has 0 aromatic heterocycles. The van der Waals surface area contributed by atoms with Crippen molar-refractivity contribution in [3.05, 3.63) is 28.5 Å².